The normalized spacial score (nSPS) is 19.0. The van der Waals surface area contributed by atoms with Gasteiger partial charge in [0.2, 0.25) is 0 Å². The molecule has 6 nitrogen and oxygen atoms in total. The molecule has 0 unspecified atom stereocenters. The van der Waals surface area contributed by atoms with Gasteiger partial charge in [-0.2, -0.15) is 0 Å². The number of carbonyl (C=O) groups is 1. The smallest absolute Gasteiger partial charge is 0.334 e. The van der Waals surface area contributed by atoms with E-state index in [1.54, 1.807) is 18.2 Å². The quantitative estimate of drug-likeness (QED) is 0.385. The first-order chi connectivity index (χ1) is 10.9. The van der Waals surface area contributed by atoms with Crippen molar-refractivity contribution >= 4 is 12.0 Å². The Bertz CT molecular complexity index is 809. The highest BCUT2D eigenvalue weighted by atomic mass is 16.5. The van der Waals surface area contributed by atoms with E-state index >= 15 is 0 Å². The molecule has 3 rings (SSSR count). The van der Waals surface area contributed by atoms with Gasteiger partial charge in [-0.25, -0.2) is 4.79 Å². The fourth-order valence-corrected chi connectivity index (χ4v) is 2.41. The van der Waals surface area contributed by atoms with Crippen molar-refractivity contribution in [3.05, 3.63) is 53.1 Å². The average molecular weight is 314 g/mol. The van der Waals surface area contributed by atoms with E-state index < -0.39 is 12.1 Å². The summed E-state index contributed by atoms with van der Waals surface area (Å²) in [6, 6.07) is 8.49. The van der Waals surface area contributed by atoms with E-state index in [4.69, 9.17) is 4.74 Å². The number of phenols is 4. The molecule has 2 aromatic carbocycles. The predicted molar refractivity (Wildman–Crippen MR) is 81.0 cm³/mol. The molecular formula is C17H14O6. The van der Waals surface area contributed by atoms with Gasteiger partial charge in [0.15, 0.2) is 23.0 Å². The molecule has 0 aromatic heterocycles. The number of rotatable bonds is 2. The number of phenolic OH excluding ortho intramolecular Hbond substituents is 4. The molecule has 0 amide bonds. The van der Waals surface area contributed by atoms with Crippen LogP contribution < -0.4 is 0 Å². The highest BCUT2D eigenvalue weighted by molar-refractivity contribution is 5.95. The molecule has 23 heavy (non-hydrogen) atoms. The Kier molecular flexibility index (Phi) is 3.57. The fraction of sp³-hybridized carbons (Fsp3) is 0.118. The summed E-state index contributed by atoms with van der Waals surface area (Å²) in [5, 5.41) is 37.6. The molecule has 4 N–H and O–H groups in total. The first-order valence-corrected chi connectivity index (χ1v) is 6.89. The second kappa shape index (κ2) is 5.57. The molecule has 1 saturated heterocycles. The van der Waals surface area contributed by atoms with Gasteiger partial charge < -0.3 is 25.2 Å². The minimum atomic E-state index is -0.550. The third-order valence-corrected chi connectivity index (χ3v) is 3.63. The second-order valence-corrected chi connectivity index (χ2v) is 5.26. The van der Waals surface area contributed by atoms with Crippen LogP contribution >= 0.6 is 0 Å². The molecule has 2 aromatic rings. The zero-order valence-corrected chi connectivity index (χ0v) is 11.9. The molecule has 0 spiro atoms. The van der Waals surface area contributed by atoms with Crippen LogP contribution in [-0.2, 0) is 9.53 Å². The summed E-state index contributed by atoms with van der Waals surface area (Å²) < 4.78 is 5.27. The highest BCUT2D eigenvalue weighted by Gasteiger charge is 2.30. The molecule has 0 saturated carbocycles. The van der Waals surface area contributed by atoms with Gasteiger partial charge in [-0.1, -0.05) is 12.1 Å². The number of benzene rings is 2. The van der Waals surface area contributed by atoms with Crippen LogP contribution in [0.4, 0.5) is 0 Å². The van der Waals surface area contributed by atoms with E-state index in [1.165, 1.54) is 24.3 Å². The number of ether oxygens (including phenoxy) is 1. The number of hydrogen-bond donors (Lipinski definition) is 4. The summed E-state index contributed by atoms with van der Waals surface area (Å²) >= 11 is 0. The molecule has 6 heteroatoms. The molecule has 0 aliphatic carbocycles. The van der Waals surface area contributed by atoms with Gasteiger partial charge in [-0.15, -0.1) is 0 Å². The van der Waals surface area contributed by atoms with E-state index in [0.717, 1.165) is 0 Å². The van der Waals surface area contributed by atoms with Crippen molar-refractivity contribution in [1.29, 1.82) is 0 Å². The maximum atomic E-state index is 12.0. The zero-order valence-electron chi connectivity index (χ0n) is 11.9. The minimum Gasteiger partial charge on any atom is -0.504 e. The van der Waals surface area contributed by atoms with E-state index in [-0.39, 0.29) is 23.0 Å². The molecule has 0 radical (unpaired) electrons. The van der Waals surface area contributed by atoms with E-state index in [9.17, 15) is 25.2 Å². The lowest BCUT2D eigenvalue weighted by Gasteiger charge is -2.09. The molecule has 1 heterocycles. The van der Waals surface area contributed by atoms with Crippen molar-refractivity contribution in [2.75, 3.05) is 0 Å². The van der Waals surface area contributed by atoms with Crippen molar-refractivity contribution in [2.24, 2.45) is 0 Å². The van der Waals surface area contributed by atoms with Crippen molar-refractivity contribution < 1.29 is 30.0 Å². The lowest BCUT2D eigenvalue weighted by atomic mass is 10.0. The minimum absolute atomic E-state index is 0.237. The molecule has 0 bridgehead atoms. The predicted octanol–water partition coefficient (Wildman–Crippen LogP) is 2.58. The number of aromatic hydroxyl groups is 4. The monoisotopic (exact) mass is 314 g/mol. The first kappa shape index (κ1) is 14.8. The maximum absolute atomic E-state index is 12.0. The van der Waals surface area contributed by atoms with E-state index in [1.807, 2.05) is 0 Å². The second-order valence-electron chi connectivity index (χ2n) is 5.26. The lowest BCUT2D eigenvalue weighted by molar-refractivity contribution is -0.139. The van der Waals surface area contributed by atoms with Crippen LogP contribution in [0.5, 0.6) is 23.0 Å². The molecule has 1 aliphatic rings. The molecule has 1 fully saturated rings. The Balaban J connectivity index is 1.85. The van der Waals surface area contributed by atoms with Crippen molar-refractivity contribution in [1.82, 2.24) is 0 Å². The third kappa shape index (κ3) is 2.91. The van der Waals surface area contributed by atoms with Gasteiger partial charge in [0.25, 0.3) is 0 Å². The summed E-state index contributed by atoms with van der Waals surface area (Å²) in [5.41, 5.74) is 1.54. The number of cyclic esters (lactones) is 1. The lowest BCUT2D eigenvalue weighted by Crippen LogP contribution is -1.98. The first-order valence-electron chi connectivity index (χ1n) is 6.89. The van der Waals surface area contributed by atoms with Crippen LogP contribution in [0.3, 0.4) is 0 Å². The number of carbonyl (C=O) groups excluding carboxylic acids is 1. The van der Waals surface area contributed by atoms with Gasteiger partial charge in [0.1, 0.15) is 6.10 Å². The summed E-state index contributed by atoms with van der Waals surface area (Å²) in [6.07, 6.45) is 1.32. The fourth-order valence-electron chi connectivity index (χ4n) is 2.41. The molecule has 1 aliphatic heterocycles. The van der Waals surface area contributed by atoms with Gasteiger partial charge in [0.05, 0.1) is 0 Å². The van der Waals surface area contributed by atoms with Crippen molar-refractivity contribution in [3.63, 3.8) is 0 Å². The standard InChI is InChI=1S/C17H14O6/c18-12-3-1-9(6-14(12)20)5-11-8-16(23-17(11)22)10-2-4-13(19)15(21)7-10/h1-7,16,18-21H,8H2/t16-/m0/s1. The summed E-state index contributed by atoms with van der Waals surface area (Å²) in [5.74, 6) is -1.52. The molecule has 1 atom stereocenters. The SMILES string of the molecule is O=C1O[C@H](c2ccc(O)c(O)c2)CC1=Cc1ccc(O)c(O)c1. The van der Waals surface area contributed by atoms with Crippen LogP contribution in [0.2, 0.25) is 0 Å². The van der Waals surface area contributed by atoms with Crippen LogP contribution in [0.1, 0.15) is 23.7 Å². The average Bonchev–Trinajstić information content (AvgIpc) is 2.87. The summed E-state index contributed by atoms with van der Waals surface area (Å²) in [4.78, 5) is 12.0. The third-order valence-electron chi connectivity index (χ3n) is 3.63. The number of hydrogen-bond acceptors (Lipinski definition) is 6. The Morgan fingerprint density at radius 2 is 1.57 bits per heavy atom. The van der Waals surface area contributed by atoms with Gasteiger partial charge in [0, 0.05) is 12.0 Å². The molecular weight excluding hydrogens is 300 g/mol. The van der Waals surface area contributed by atoms with Gasteiger partial charge >= 0.3 is 5.97 Å². The van der Waals surface area contributed by atoms with Crippen LogP contribution in [-0.4, -0.2) is 26.4 Å². The number of esters is 1. The summed E-state index contributed by atoms with van der Waals surface area (Å²) in [7, 11) is 0. The van der Waals surface area contributed by atoms with E-state index in [2.05, 4.69) is 0 Å². The Morgan fingerprint density at radius 1 is 0.913 bits per heavy atom. The highest BCUT2D eigenvalue weighted by Crippen LogP contribution is 2.37. The Labute approximate surface area is 131 Å². The van der Waals surface area contributed by atoms with Gasteiger partial charge in [-0.3, -0.25) is 0 Å². The van der Waals surface area contributed by atoms with E-state index in [0.29, 0.717) is 23.1 Å². The van der Waals surface area contributed by atoms with Gasteiger partial charge in [-0.05, 0) is 41.5 Å². The summed E-state index contributed by atoms with van der Waals surface area (Å²) in [6.45, 7) is 0. The zero-order chi connectivity index (χ0) is 16.6. The topological polar surface area (TPSA) is 107 Å². The van der Waals surface area contributed by atoms with Crippen molar-refractivity contribution in [3.8, 4) is 23.0 Å². The van der Waals surface area contributed by atoms with Crippen LogP contribution in [0, 0.1) is 0 Å². The van der Waals surface area contributed by atoms with Crippen LogP contribution in [0.25, 0.3) is 6.08 Å². The maximum Gasteiger partial charge on any atom is 0.334 e. The Hall–Kier alpha value is -3.15. The Morgan fingerprint density at radius 3 is 2.22 bits per heavy atom. The van der Waals surface area contributed by atoms with Crippen molar-refractivity contribution in [2.45, 2.75) is 12.5 Å². The molecule has 118 valence electrons. The van der Waals surface area contributed by atoms with Crippen LogP contribution in [0.15, 0.2) is 42.0 Å². The largest absolute Gasteiger partial charge is 0.504 e.